The third-order valence-corrected chi connectivity index (χ3v) is 4.95. The van der Waals surface area contributed by atoms with Crippen molar-refractivity contribution in [3.63, 3.8) is 0 Å². The molecule has 1 fully saturated rings. The molecule has 0 spiro atoms. The number of methoxy groups -OCH3 is 1. The number of rotatable bonds is 2. The number of ether oxygens (including phenoxy) is 2. The Morgan fingerprint density at radius 2 is 1.96 bits per heavy atom. The van der Waals surface area contributed by atoms with Crippen molar-refractivity contribution in [3.8, 4) is 11.5 Å². The number of fused-ring (bicyclic) bond motifs is 4. The molecule has 2 aromatic carbocycles. The fourth-order valence-corrected chi connectivity index (χ4v) is 3.99. The fourth-order valence-electron chi connectivity index (χ4n) is 3.99. The van der Waals surface area contributed by atoms with Crippen LogP contribution >= 0.6 is 0 Å². The van der Waals surface area contributed by atoms with Gasteiger partial charge in [0.05, 0.1) is 13.2 Å². The van der Waals surface area contributed by atoms with Crippen molar-refractivity contribution >= 4 is 11.7 Å². The highest BCUT2D eigenvalue weighted by molar-refractivity contribution is 5.95. The van der Waals surface area contributed by atoms with Gasteiger partial charge in [-0.25, -0.2) is 4.79 Å². The number of nitrogens with zero attached hydrogens (tertiary/aromatic N) is 1. The van der Waals surface area contributed by atoms with E-state index in [1.165, 1.54) is 0 Å². The third-order valence-electron chi connectivity index (χ3n) is 4.95. The van der Waals surface area contributed by atoms with Crippen LogP contribution in [0.1, 0.15) is 36.1 Å². The van der Waals surface area contributed by atoms with Crippen LogP contribution in [-0.4, -0.2) is 18.9 Å². The Kier molecular flexibility index (Phi) is 3.42. The van der Waals surface area contributed by atoms with E-state index in [-0.39, 0.29) is 12.1 Å². The predicted octanol–water partition coefficient (Wildman–Crippen LogP) is 4.08. The van der Waals surface area contributed by atoms with Gasteiger partial charge in [-0.3, -0.25) is 4.90 Å². The number of anilines is 1. The number of urea groups is 1. The van der Waals surface area contributed by atoms with Gasteiger partial charge in [-0.05, 0) is 50.1 Å². The molecule has 2 bridgehead atoms. The van der Waals surface area contributed by atoms with E-state index in [1.807, 2.05) is 51.1 Å². The summed E-state index contributed by atoms with van der Waals surface area (Å²) >= 11 is 0. The average molecular weight is 338 g/mol. The summed E-state index contributed by atoms with van der Waals surface area (Å²) in [6.07, 6.45) is 0.673. The van der Waals surface area contributed by atoms with Crippen molar-refractivity contribution in [3.05, 3.63) is 53.1 Å². The first kappa shape index (κ1) is 15.8. The minimum absolute atomic E-state index is 0.0847. The highest BCUT2D eigenvalue weighted by Crippen LogP contribution is 2.49. The number of hydrogen-bond donors (Lipinski definition) is 1. The van der Waals surface area contributed by atoms with Gasteiger partial charge < -0.3 is 14.8 Å². The molecule has 4 rings (SSSR count). The molecule has 25 heavy (non-hydrogen) atoms. The summed E-state index contributed by atoms with van der Waals surface area (Å²) in [5.74, 6) is 1.39. The molecule has 2 aliphatic rings. The summed E-state index contributed by atoms with van der Waals surface area (Å²) in [6.45, 7) is 6.03. The SMILES string of the molecule is COc1cccc2c1O[C@@]1(C)C[C@H]2NC(=O)N1c1cc(C)cc(C)c1. The molecule has 5 nitrogen and oxygen atoms in total. The van der Waals surface area contributed by atoms with Crippen LogP contribution in [0.3, 0.4) is 0 Å². The van der Waals surface area contributed by atoms with Crippen molar-refractivity contribution in [2.75, 3.05) is 12.0 Å². The molecule has 5 heteroatoms. The van der Waals surface area contributed by atoms with Crippen molar-refractivity contribution in [2.24, 2.45) is 0 Å². The highest BCUT2D eigenvalue weighted by Gasteiger charge is 2.50. The zero-order valence-corrected chi connectivity index (χ0v) is 14.9. The van der Waals surface area contributed by atoms with Crippen molar-refractivity contribution < 1.29 is 14.3 Å². The smallest absolute Gasteiger partial charge is 0.325 e. The molecule has 0 unspecified atom stereocenters. The van der Waals surface area contributed by atoms with E-state index < -0.39 is 5.72 Å². The Balaban J connectivity index is 1.84. The molecule has 1 N–H and O–H groups in total. The number of para-hydroxylation sites is 1. The van der Waals surface area contributed by atoms with Crippen LogP contribution in [0.25, 0.3) is 0 Å². The number of hydrogen-bond acceptors (Lipinski definition) is 3. The molecular formula is C20H22N2O3. The molecule has 1 saturated heterocycles. The van der Waals surface area contributed by atoms with Gasteiger partial charge in [0.2, 0.25) is 0 Å². The van der Waals surface area contributed by atoms with Crippen molar-refractivity contribution in [1.29, 1.82) is 0 Å². The predicted molar refractivity (Wildman–Crippen MR) is 96.3 cm³/mol. The van der Waals surface area contributed by atoms with Crippen LogP contribution in [0.4, 0.5) is 10.5 Å². The molecule has 0 aromatic heterocycles. The van der Waals surface area contributed by atoms with E-state index in [0.29, 0.717) is 17.9 Å². The van der Waals surface area contributed by atoms with Gasteiger partial charge in [0.1, 0.15) is 0 Å². The Bertz CT molecular complexity index is 844. The molecule has 2 aliphatic heterocycles. The van der Waals surface area contributed by atoms with Gasteiger partial charge in [0.15, 0.2) is 17.2 Å². The molecule has 2 aromatic rings. The van der Waals surface area contributed by atoms with Crippen molar-refractivity contribution in [2.45, 2.75) is 39.0 Å². The Hall–Kier alpha value is -2.69. The van der Waals surface area contributed by atoms with E-state index in [0.717, 1.165) is 22.4 Å². The van der Waals surface area contributed by atoms with E-state index >= 15 is 0 Å². The standard InChI is InChI=1S/C20H22N2O3/c1-12-8-13(2)10-14(9-12)22-19(23)21-16-11-20(22,3)25-18-15(16)6-5-7-17(18)24-4/h5-10,16H,11H2,1-4H3,(H,21,23)/t16-,20+/m1/s1. The first-order valence-corrected chi connectivity index (χ1v) is 8.46. The lowest BCUT2D eigenvalue weighted by Crippen LogP contribution is -2.65. The maximum atomic E-state index is 12.9. The second kappa shape index (κ2) is 5.41. The quantitative estimate of drug-likeness (QED) is 0.897. The summed E-state index contributed by atoms with van der Waals surface area (Å²) in [5, 5.41) is 3.12. The third kappa shape index (κ3) is 2.42. The largest absolute Gasteiger partial charge is 0.493 e. The molecule has 2 atom stereocenters. The maximum Gasteiger partial charge on any atom is 0.325 e. The number of amides is 2. The monoisotopic (exact) mass is 338 g/mol. The topological polar surface area (TPSA) is 50.8 Å². The minimum Gasteiger partial charge on any atom is -0.493 e. The number of carbonyl (C=O) groups is 1. The van der Waals surface area contributed by atoms with Crippen LogP contribution in [-0.2, 0) is 0 Å². The minimum atomic E-state index is -0.769. The normalized spacial score (nSPS) is 24.2. The summed E-state index contributed by atoms with van der Waals surface area (Å²) < 4.78 is 11.8. The van der Waals surface area contributed by atoms with Crippen LogP contribution in [0, 0.1) is 13.8 Å². The lowest BCUT2D eigenvalue weighted by molar-refractivity contribution is 0.0349. The van der Waals surface area contributed by atoms with Gasteiger partial charge in [0, 0.05) is 17.7 Å². The van der Waals surface area contributed by atoms with Crippen molar-refractivity contribution in [1.82, 2.24) is 5.32 Å². The first-order valence-electron chi connectivity index (χ1n) is 8.46. The Labute approximate surface area is 147 Å². The van der Waals surface area contributed by atoms with Crippen LogP contribution < -0.4 is 19.7 Å². The molecule has 0 aliphatic carbocycles. The highest BCUT2D eigenvalue weighted by atomic mass is 16.5. The van der Waals surface area contributed by atoms with E-state index in [4.69, 9.17) is 9.47 Å². The fraction of sp³-hybridized carbons (Fsp3) is 0.350. The van der Waals surface area contributed by atoms with Crippen LogP contribution in [0.5, 0.6) is 11.5 Å². The zero-order chi connectivity index (χ0) is 17.8. The summed E-state index contributed by atoms with van der Waals surface area (Å²) in [6, 6.07) is 11.7. The van der Waals surface area contributed by atoms with Gasteiger partial charge in [0.25, 0.3) is 0 Å². The summed E-state index contributed by atoms with van der Waals surface area (Å²) in [7, 11) is 1.63. The van der Waals surface area contributed by atoms with Crippen LogP contribution in [0.2, 0.25) is 0 Å². The second-order valence-corrected chi connectivity index (χ2v) is 7.04. The van der Waals surface area contributed by atoms with Gasteiger partial charge in [-0.2, -0.15) is 0 Å². The first-order chi connectivity index (χ1) is 11.9. The lowest BCUT2D eigenvalue weighted by Gasteiger charge is -2.50. The van der Waals surface area contributed by atoms with E-state index in [1.54, 1.807) is 12.0 Å². The number of benzene rings is 2. The maximum absolute atomic E-state index is 12.9. The summed E-state index contributed by atoms with van der Waals surface area (Å²) in [4.78, 5) is 14.6. The van der Waals surface area contributed by atoms with Gasteiger partial charge >= 0.3 is 6.03 Å². The van der Waals surface area contributed by atoms with E-state index in [2.05, 4.69) is 11.4 Å². The number of carbonyl (C=O) groups excluding carboxylic acids is 1. The number of aryl methyl sites for hydroxylation is 2. The molecule has 2 heterocycles. The molecule has 0 radical (unpaired) electrons. The Morgan fingerprint density at radius 3 is 2.64 bits per heavy atom. The zero-order valence-electron chi connectivity index (χ0n) is 14.9. The molecule has 2 amide bonds. The van der Waals surface area contributed by atoms with Gasteiger partial charge in [-0.1, -0.05) is 18.2 Å². The second-order valence-electron chi connectivity index (χ2n) is 7.04. The average Bonchev–Trinajstić information content (AvgIpc) is 2.52. The van der Waals surface area contributed by atoms with Crippen LogP contribution in [0.15, 0.2) is 36.4 Å². The summed E-state index contributed by atoms with van der Waals surface area (Å²) in [5.41, 5.74) is 3.26. The van der Waals surface area contributed by atoms with E-state index in [9.17, 15) is 4.79 Å². The lowest BCUT2D eigenvalue weighted by atomic mass is 9.89. The molecule has 130 valence electrons. The molecular weight excluding hydrogens is 316 g/mol. The Morgan fingerprint density at radius 1 is 1.24 bits per heavy atom. The number of nitrogens with one attached hydrogen (secondary N) is 1. The molecule has 0 saturated carbocycles. The van der Waals surface area contributed by atoms with Gasteiger partial charge in [-0.15, -0.1) is 0 Å².